The number of aromatic nitrogens is 2. The number of benzene rings is 2. The zero-order valence-corrected chi connectivity index (χ0v) is 18.1. The lowest BCUT2D eigenvalue weighted by Crippen LogP contribution is -2.40. The average molecular weight is 421 g/mol. The number of amides is 1. The van der Waals surface area contributed by atoms with Crippen LogP contribution in [0, 0.1) is 0 Å². The maximum atomic E-state index is 12.9. The molecule has 1 heterocycles. The summed E-state index contributed by atoms with van der Waals surface area (Å²) in [5.41, 5.74) is 0.525. The van der Waals surface area contributed by atoms with Gasteiger partial charge in [0.2, 0.25) is 0 Å². The van der Waals surface area contributed by atoms with Gasteiger partial charge in [0.05, 0.1) is 5.39 Å². The SMILES string of the molecule is CCCCn1nc(C(=O)OCC(=O)N(c2ccccc2)C(C)C)c2ccccc2c1=O. The summed E-state index contributed by atoms with van der Waals surface area (Å²) >= 11 is 0. The third-order valence-corrected chi connectivity index (χ3v) is 4.93. The number of para-hydroxylation sites is 1. The normalized spacial score (nSPS) is 11.0. The number of anilines is 1. The number of esters is 1. The van der Waals surface area contributed by atoms with Crippen LogP contribution in [0.15, 0.2) is 59.4 Å². The molecular weight excluding hydrogens is 394 g/mol. The van der Waals surface area contributed by atoms with Crippen molar-refractivity contribution in [3.8, 4) is 0 Å². The van der Waals surface area contributed by atoms with Crippen LogP contribution in [-0.4, -0.2) is 34.3 Å². The molecule has 1 amide bonds. The third-order valence-electron chi connectivity index (χ3n) is 4.93. The molecule has 3 aromatic rings. The molecule has 7 heteroatoms. The van der Waals surface area contributed by atoms with Crippen molar-refractivity contribution in [2.24, 2.45) is 0 Å². The monoisotopic (exact) mass is 421 g/mol. The van der Waals surface area contributed by atoms with Gasteiger partial charge in [-0.25, -0.2) is 9.48 Å². The number of hydrogen-bond donors (Lipinski definition) is 0. The molecule has 0 N–H and O–H groups in total. The molecular formula is C24H27N3O4. The van der Waals surface area contributed by atoms with E-state index in [0.717, 1.165) is 18.5 Å². The third kappa shape index (κ3) is 4.99. The van der Waals surface area contributed by atoms with Gasteiger partial charge >= 0.3 is 5.97 Å². The molecule has 0 aliphatic carbocycles. The second-order valence-corrected chi connectivity index (χ2v) is 7.55. The van der Waals surface area contributed by atoms with E-state index < -0.39 is 12.6 Å². The van der Waals surface area contributed by atoms with Crippen molar-refractivity contribution in [1.82, 2.24) is 9.78 Å². The van der Waals surface area contributed by atoms with Gasteiger partial charge in [-0.1, -0.05) is 49.7 Å². The molecule has 0 fully saturated rings. The van der Waals surface area contributed by atoms with Crippen LogP contribution in [0.4, 0.5) is 5.69 Å². The molecule has 7 nitrogen and oxygen atoms in total. The van der Waals surface area contributed by atoms with E-state index in [1.165, 1.54) is 4.68 Å². The molecule has 31 heavy (non-hydrogen) atoms. The summed E-state index contributed by atoms with van der Waals surface area (Å²) in [4.78, 5) is 39.9. The number of ether oxygens (including phenoxy) is 1. The second kappa shape index (κ2) is 10.0. The number of aryl methyl sites for hydroxylation is 1. The van der Waals surface area contributed by atoms with Gasteiger partial charge in [0.15, 0.2) is 12.3 Å². The van der Waals surface area contributed by atoms with Gasteiger partial charge in [-0.2, -0.15) is 5.10 Å². The van der Waals surface area contributed by atoms with E-state index in [1.54, 1.807) is 29.2 Å². The first-order valence-electron chi connectivity index (χ1n) is 10.5. The van der Waals surface area contributed by atoms with Crippen LogP contribution < -0.4 is 10.5 Å². The number of carbonyl (C=O) groups excluding carboxylic acids is 2. The van der Waals surface area contributed by atoms with Crippen LogP contribution in [0.5, 0.6) is 0 Å². The van der Waals surface area contributed by atoms with E-state index in [0.29, 0.717) is 17.3 Å². The van der Waals surface area contributed by atoms with Gasteiger partial charge in [-0.05, 0) is 38.5 Å². The minimum atomic E-state index is -0.730. The van der Waals surface area contributed by atoms with E-state index in [2.05, 4.69) is 5.10 Å². The summed E-state index contributed by atoms with van der Waals surface area (Å²) in [6.45, 7) is 5.79. The Bertz CT molecular complexity index is 1120. The summed E-state index contributed by atoms with van der Waals surface area (Å²) in [5, 5.41) is 5.08. The molecule has 1 aromatic heterocycles. The van der Waals surface area contributed by atoms with Gasteiger partial charge in [0.25, 0.3) is 11.5 Å². The summed E-state index contributed by atoms with van der Waals surface area (Å²) in [7, 11) is 0. The lowest BCUT2D eigenvalue weighted by atomic mass is 10.1. The highest BCUT2D eigenvalue weighted by Crippen LogP contribution is 2.18. The fourth-order valence-corrected chi connectivity index (χ4v) is 3.43. The van der Waals surface area contributed by atoms with Crippen molar-refractivity contribution in [2.45, 2.75) is 46.2 Å². The minimum Gasteiger partial charge on any atom is -0.451 e. The van der Waals surface area contributed by atoms with Gasteiger partial charge in [-0.15, -0.1) is 0 Å². The Morgan fingerprint density at radius 1 is 1.03 bits per heavy atom. The zero-order chi connectivity index (χ0) is 22.4. The Kier molecular flexibility index (Phi) is 7.18. The first-order chi connectivity index (χ1) is 14.9. The molecule has 0 radical (unpaired) electrons. The highest BCUT2D eigenvalue weighted by Gasteiger charge is 2.23. The van der Waals surface area contributed by atoms with E-state index in [4.69, 9.17) is 4.74 Å². The fourth-order valence-electron chi connectivity index (χ4n) is 3.43. The lowest BCUT2D eigenvalue weighted by molar-refractivity contribution is -0.122. The first kappa shape index (κ1) is 22.2. The van der Waals surface area contributed by atoms with Gasteiger partial charge in [-0.3, -0.25) is 9.59 Å². The molecule has 0 atom stereocenters. The van der Waals surface area contributed by atoms with Gasteiger partial charge < -0.3 is 9.64 Å². The Morgan fingerprint density at radius 2 is 1.68 bits per heavy atom. The molecule has 0 bridgehead atoms. The summed E-state index contributed by atoms with van der Waals surface area (Å²) in [6.07, 6.45) is 1.65. The largest absolute Gasteiger partial charge is 0.451 e. The minimum absolute atomic E-state index is 0.0370. The fraction of sp³-hybridized carbons (Fsp3) is 0.333. The summed E-state index contributed by atoms with van der Waals surface area (Å²) in [5.74, 6) is -1.07. The van der Waals surface area contributed by atoms with Crippen LogP contribution in [0.3, 0.4) is 0 Å². The van der Waals surface area contributed by atoms with Crippen molar-refractivity contribution in [3.63, 3.8) is 0 Å². The van der Waals surface area contributed by atoms with Gasteiger partial charge in [0, 0.05) is 23.7 Å². The number of fused-ring (bicyclic) bond motifs is 1. The Hall–Kier alpha value is -3.48. The predicted molar refractivity (Wildman–Crippen MR) is 120 cm³/mol. The van der Waals surface area contributed by atoms with E-state index in [9.17, 15) is 14.4 Å². The number of nitrogens with zero attached hydrogens (tertiary/aromatic N) is 3. The Morgan fingerprint density at radius 3 is 2.32 bits per heavy atom. The van der Waals surface area contributed by atoms with Crippen molar-refractivity contribution >= 4 is 28.3 Å². The number of hydrogen-bond acceptors (Lipinski definition) is 5. The standard InChI is InChI=1S/C24H27N3O4/c1-4-5-15-26-23(29)20-14-10-9-13-19(20)22(25-26)24(30)31-16-21(28)27(17(2)3)18-11-7-6-8-12-18/h6-14,17H,4-5,15-16H2,1-3H3. The number of rotatable bonds is 8. The lowest BCUT2D eigenvalue weighted by Gasteiger charge is -2.26. The summed E-state index contributed by atoms with van der Waals surface area (Å²) in [6, 6.07) is 15.9. The summed E-state index contributed by atoms with van der Waals surface area (Å²) < 4.78 is 6.64. The molecule has 0 aliphatic heterocycles. The Labute approximate surface area is 181 Å². The average Bonchev–Trinajstić information content (AvgIpc) is 2.78. The smallest absolute Gasteiger partial charge is 0.359 e. The van der Waals surface area contributed by atoms with E-state index in [1.807, 2.05) is 51.1 Å². The van der Waals surface area contributed by atoms with Crippen molar-refractivity contribution < 1.29 is 14.3 Å². The van der Waals surface area contributed by atoms with E-state index in [-0.39, 0.29) is 23.2 Å². The van der Waals surface area contributed by atoms with Crippen LogP contribution >= 0.6 is 0 Å². The first-order valence-corrected chi connectivity index (χ1v) is 10.5. The van der Waals surface area contributed by atoms with Crippen molar-refractivity contribution in [1.29, 1.82) is 0 Å². The number of carbonyl (C=O) groups is 2. The maximum absolute atomic E-state index is 12.9. The molecule has 2 aromatic carbocycles. The number of unbranched alkanes of at least 4 members (excludes halogenated alkanes) is 1. The van der Waals surface area contributed by atoms with Crippen molar-refractivity contribution in [3.05, 3.63) is 70.6 Å². The van der Waals surface area contributed by atoms with Crippen LogP contribution in [0.2, 0.25) is 0 Å². The van der Waals surface area contributed by atoms with Crippen molar-refractivity contribution in [2.75, 3.05) is 11.5 Å². The molecule has 0 saturated carbocycles. The molecule has 162 valence electrons. The van der Waals surface area contributed by atoms with Crippen LogP contribution in [-0.2, 0) is 16.1 Å². The highest BCUT2D eigenvalue weighted by atomic mass is 16.5. The highest BCUT2D eigenvalue weighted by molar-refractivity contribution is 6.03. The van der Waals surface area contributed by atoms with Gasteiger partial charge in [0.1, 0.15) is 0 Å². The molecule has 3 rings (SSSR count). The predicted octanol–water partition coefficient (Wildman–Crippen LogP) is 3.80. The van der Waals surface area contributed by atoms with Crippen LogP contribution in [0.25, 0.3) is 10.8 Å². The quantitative estimate of drug-likeness (QED) is 0.517. The van der Waals surface area contributed by atoms with E-state index >= 15 is 0 Å². The molecule has 0 spiro atoms. The maximum Gasteiger partial charge on any atom is 0.359 e. The zero-order valence-electron chi connectivity index (χ0n) is 18.1. The van der Waals surface area contributed by atoms with Crippen LogP contribution in [0.1, 0.15) is 44.1 Å². The molecule has 0 aliphatic rings. The molecule has 0 saturated heterocycles. The topological polar surface area (TPSA) is 81.5 Å². The molecule has 0 unspecified atom stereocenters. The second-order valence-electron chi connectivity index (χ2n) is 7.55. The Balaban J connectivity index is 1.85.